The van der Waals surface area contributed by atoms with Gasteiger partial charge >= 0.3 is 5.71 Å². The Kier molecular flexibility index (Phi) is 2.40. The van der Waals surface area contributed by atoms with Crippen molar-refractivity contribution in [2.75, 3.05) is 0 Å². The normalized spacial score (nSPS) is 16.7. The number of aliphatic hydroxyl groups is 3. The highest BCUT2D eigenvalue weighted by Crippen LogP contribution is 2.45. The van der Waals surface area contributed by atoms with Crippen LogP contribution in [-0.4, -0.2) is 25.9 Å². The van der Waals surface area contributed by atoms with Gasteiger partial charge in [0, 0.05) is 0 Å². The SMILES string of the molecule is OP(Cl)C(O)(O)O. The van der Waals surface area contributed by atoms with Crippen molar-refractivity contribution in [3.8, 4) is 0 Å². The predicted molar refractivity (Wildman–Crippen MR) is 24.4 cm³/mol. The fourth-order valence-corrected chi connectivity index (χ4v) is 0. The van der Waals surface area contributed by atoms with Crippen LogP contribution in [0, 0.1) is 0 Å². The van der Waals surface area contributed by atoms with Crippen molar-refractivity contribution in [3.63, 3.8) is 0 Å². The molecule has 0 aliphatic rings. The number of hydrogen-bond donors (Lipinski definition) is 4. The molecule has 0 aliphatic carbocycles. The van der Waals surface area contributed by atoms with Crippen LogP contribution in [0.1, 0.15) is 0 Å². The average molecular weight is 146 g/mol. The second-order valence-electron chi connectivity index (χ2n) is 0.860. The molecule has 1 atom stereocenters. The number of rotatable bonds is 1. The Morgan fingerprint density at radius 1 is 1.29 bits per heavy atom. The van der Waals surface area contributed by atoms with E-state index in [0.717, 1.165) is 0 Å². The zero-order chi connectivity index (χ0) is 6.08. The Morgan fingerprint density at radius 3 is 1.43 bits per heavy atom. The molecule has 0 amide bonds. The van der Waals surface area contributed by atoms with E-state index in [1.807, 2.05) is 0 Å². The molecule has 44 valence electrons. The molecule has 4 nitrogen and oxygen atoms in total. The highest BCUT2D eigenvalue weighted by molar-refractivity contribution is 7.79. The summed E-state index contributed by atoms with van der Waals surface area (Å²) in [5.41, 5.74) is -3.11. The van der Waals surface area contributed by atoms with E-state index in [4.69, 9.17) is 20.2 Å². The summed E-state index contributed by atoms with van der Waals surface area (Å²) in [6.45, 7) is 0. The largest absolute Gasteiger partial charge is 0.353 e. The smallest absolute Gasteiger partial charge is 0.335 e. The molecule has 0 rings (SSSR count). The van der Waals surface area contributed by atoms with Crippen molar-refractivity contribution in [3.05, 3.63) is 0 Å². The fraction of sp³-hybridized carbons (Fsp3) is 1.00. The van der Waals surface area contributed by atoms with Gasteiger partial charge in [0.25, 0.3) is 0 Å². The first-order chi connectivity index (χ1) is 2.94. The topological polar surface area (TPSA) is 80.9 Å². The molecule has 1 unspecified atom stereocenters. The van der Waals surface area contributed by atoms with Crippen molar-refractivity contribution < 1.29 is 20.2 Å². The summed E-state index contributed by atoms with van der Waals surface area (Å²) in [6.07, 6.45) is 0. The summed E-state index contributed by atoms with van der Waals surface area (Å²) in [5.74, 6) is 0. The minimum Gasteiger partial charge on any atom is -0.353 e. The Bertz CT molecular complexity index is 57.2. The first-order valence-electron chi connectivity index (χ1n) is 1.26. The molecular formula is CH4ClO4P. The van der Waals surface area contributed by atoms with E-state index in [1.54, 1.807) is 0 Å². The molecule has 0 heterocycles. The number of halogens is 1. The minimum atomic E-state index is -3.11. The monoisotopic (exact) mass is 146 g/mol. The zero-order valence-corrected chi connectivity index (χ0v) is 4.76. The van der Waals surface area contributed by atoms with Crippen LogP contribution < -0.4 is 0 Å². The van der Waals surface area contributed by atoms with Crippen LogP contribution >= 0.6 is 18.7 Å². The quantitative estimate of drug-likeness (QED) is 0.286. The van der Waals surface area contributed by atoms with Crippen molar-refractivity contribution in [1.29, 1.82) is 0 Å². The molecule has 0 bridgehead atoms. The minimum absolute atomic E-state index is 2.60. The van der Waals surface area contributed by atoms with Crippen molar-refractivity contribution in [1.82, 2.24) is 0 Å². The van der Waals surface area contributed by atoms with Gasteiger partial charge in [-0.2, -0.15) is 0 Å². The molecule has 0 saturated heterocycles. The Hall–Kier alpha value is 0.560. The van der Waals surface area contributed by atoms with Crippen molar-refractivity contribution in [2.45, 2.75) is 5.71 Å². The highest BCUT2D eigenvalue weighted by Gasteiger charge is 2.28. The second kappa shape index (κ2) is 2.22. The average Bonchev–Trinajstić information content (AvgIpc) is 1.31. The highest BCUT2D eigenvalue weighted by atomic mass is 35.7. The van der Waals surface area contributed by atoms with Gasteiger partial charge < -0.3 is 20.2 Å². The second-order valence-corrected chi connectivity index (χ2v) is 2.94. The van der Waals surface area contributed by atoms with E-state index in [-0.39, 0.29) is 0 Å². The third kappa shape index (κ3) is 3.17. The van der Waals surface area contributed by atoms with E-state index in [1.165, 1.54) is 0 Å². The van der Waals surface area contributed by atoms with Gasteiger partial charge in [-0.1, -0.05) is 11.2 Å². The van der Waals surface area contributed by atoms with E-state index in [2.05, 4.69) is 11.2 Å². The summed E-state index contributed by atoms with van der Waals surface area (Å²) < 4.78 is 0. The zero-order valence-electron chi connectivity index (χ0n) is 3.11. The van der Waals surface area contributed by atoms with E-state index in [9.17, 15) is 0 Å². The molecule has 0 saturated carbocycles. The molecule has 0 radical (unpaired) electrons. The molecule has 0 fully saturated rings. The van der Waals surface area contributed by atoms with Gasteiger partial charge in [0.1, 0.15) is 0 Å². The van der Waals surface area contributed by atoms with Gasteiger partial charge in [0.15, 0.2) is 0 Å². The van der Waals surface area contributed by atoms with Crippen LogP contribution in [0.3, 0.4) is 0 Å². The Balaban J connectivity index is 3.54. The van der Waals surface area contributed by atoms with Gasteiger partial charge in [-0.25, -0.2) is 0 Å². The summed E-state index contributed by atoms with van der Waals surface area (Å²) in [6, 6.07) is 0. The fourth-order valence-electron chi connectivity index (χ4n) is 0. The van der Waals surface area contributed by atoms with Crippen molar-refractivity contribution >= 4 is 18.7 Å². The third-order valence-corrected chi connectivity index (χ3v) is 1.42. The summed E-state index contributed by atoms with van der Waals surface area (Å²) >= 11 is 4.62. The maximum atomic E-state index is 7.97. The third-order valence-electron chi connectivity index (χ3n) is 0.248. The van der Waals surface area contributed by atoms with E-state index >= 15 is 0 Å². The lowest BCUT2D eigenvalue weighted by Crippen LogP contribution is -2.21. The van der Waals surface area contributed by atoms with Gasteiger partial charge in [0.05, 0.1) is 0 Å². The van der Waals surface area contributed by atoms with Gasteiger partial charge in [-0.05, 0) is 0 Å². The summed E-state index contributed by atoms with van der Waals surface area (Å²) in [7, 11) is -2.60. The van der Waals surface area contributed by atoms with E-state index < -0.39 is 13.2 Å². The lowest BCUT2D eigenvalue weighted by molar-refractivity contribution is -0.242. The molecule has 0 aliphatic heterocycles. The number of hydrogen-bond acceptors (Lipinski definition) is 4. The van der Waals surface area contributed by atoms with Crippen molar-refractivity contribution in [2.24, 2.45) is 0 Å². The molecule has 7 heavy (non-hydrogen) atoms. The van der Waals surface area contributed by atoms with Crippen LogP contribution in [0.2, 0.25) is 0 Å². The molecule has 0 aromatic carbocycles. The van der Waals surface area contributed by atoms with E-state index in [0.29, 0.717) is 0 Å². The Labute approximate surface area is 45.6 Å². The van der Waals surface area contributed by atoms with Crippen LogP contribution in [0.25, 0.3) is 0 Å². The molecule has 4 N–H and O–H groups in total. The molecular weight excluding hydrogens is 142 g/mol. The van der Waals surface area contributed by atoms with Crippen LogP contribution in [-0.2, 0) is 0 Å². The van der Waals surface area contributed by atoms with Gasteiger partial charge in [0.2, 0.25) is 7.50 Å². The lowest BCUT2D eigenvalue weighted by Gasteiger charge is -2.12. The maximum absolute atomic E-state index is 7.97. The standard InChI is InChI=1S/CH4ClO4P/c2-7(6)1(3,4)5/h3-6H. The lowest BCUT2D eigenvalue weighted by atomic mass is 11.3. The maximum Gasteiger partial charge on any atom is 0.335 e. The van der Waals surface area contributed by atoms with Crippen LogP contribution in [0.4, 0.5) is 0 Å². The first kappa shape index (κ1) is 7.56. The first-order valence-corrected chi connectivity index (χ1v) is 3.46. The van der Waals surface area contributed by atoms with Gasteiger partial charge in [-0.15, -0.1) is 0 Å². The summed E-state index contributed by atoms with van der Waals surface area (Å²) in [5, 5.41) is 23.6. The Morgan fingerprint density at radius 2 is 1.43 bits per heavy atom. The molecule has 0 aromatic heterocycles. The molecule has 0 aromatic rings. The van der Waals surface area contributed by atoms with Crippen LogP contribution in [0.15, 0.2) is 0 Å². The summed E-state index contributed by atoms with van der Waals surface area (Å²) in [4.78, 5) is 7.97. The van der Waals surface area contributed by atoms with Gasteiger partial charge in [-0.3, -0.25) is 0 Å². The predicted octanol–water partition coefficient (Wildman–Crippen LogP) is -0.882. The molecule has 6 heteroatoms. The molecule has 0 spiro atoms. The van der Waals surface area contributed by atoms with Crippen LogP contribution in [0.5, 0.6) is 0 Å².